The molecule has 0 aliphatic heterocycles. The van der Waals surface area contributed by atoms with Crippen LogP contribution in [0.1, 0.15) is 23.3 Å². The lowest BCUT2D eigenvalue weighted by atomic mass is 10.2. The molecule has 106 valence electrons. The number of thioether (sulfide) groups is 1. The zero-order valence-corrected chi connectivity index (χ0v) is 13.2. The Hall–Kier alpha value is -1.40. The quantitative estimate of drug-likeness (QED) is 0.642. The van der Waals surface area contributed by atoms with Crippen molar-refractivity contribution in [1.29, 1.82) is 0 Å². The summed E-state index contributed by atoms with van der Waals surface area (Å²) in [5.74, 6) is 0. The van der Waals surface area contributed by atoms with E-state index in [4.69, 9.17) is 0 Å². The van der Waals surface area contributed by atoms with Gasteiger partial charge in [0.05, 0.1) is 4.90 Å². The Balaban J connectivity index is 2.13. The van der Waals surface area contributed by atoms with Crippen LogP contribution in [-0.2, 0) is 9.84 Å². The predicted molar refractivity (Wildman–Crippen MR) is 80.6 cm³/mol. The summed E-state index contributed by atoms with van der Waals surface area (Å²) in [4.78, 5) is 8.85. The van der Waals surface area contributed by atoms with E-state index in [1.165, 1.54) is 6.26 Å². The molecule has 1 unspecified atom stereocenters. The molecule has 2 aromatic rings. The van der Waals surface area contributed by atoms with E-state index in [2.05, 4.69) is 9.97 Å². The summed E-state index contributed by atoms with van der Waals surface area (Å²) < 4.78 is 22.8. The fourth-order valence-corrected chi connectivity index (χ4v) is 3.12. The molecule has 0 spiro atoms. The number of hydrogen-bond acceptors (Lipinski definition) is 5. The average Bonchev–Trinajstić information content (AvgIpc) is 2.40. The minimum Gasteiger partial charge on any atom is -0.231 e. The van der Waals surface area contributed by atoms with Crippen LogP contribution >= 0.6 is 11.8 Å². The van der Waals surface area contributed by atoms with Gasteiger partial charge in [-0.15, -0.1) is 0 Å². The first kappa shape index (κ1) is 15.0. The number of rotatable bonds is 4. The van der Waals surface area contributed by atoms with Gasteiger partial charge in [0.15, 0.2) is 15.0 Å². The standard InChI is InChI=1S/C14H16N2O2S2/c1-10-8-15-14(16-9-10)19-11(2)12-4-6-13(7-5-12)20(3,17)18/h4-9,11H,1-3H3. The molecule has 0 bridgehead atoms. The molecular weight excluding hydrogens is 292 g/mol. The van der Waals surface area contributed by atoms with E-state index in [1.807, 2.05) is 26.0 Å². The summed E-state index contributed by atoms with van der Waals surface area (Å²) in [5, 5.41) is 0.876. The molecule has 0 saturated carbocycles. The Bertz CT molecular complexity index is 680. The number of aryl methyl sites for hydroxylation is 1. The van der Waals surface area contributed by atoms with Crippen molar-refractivity contribution in [3.05, 3.63) is 47.8 Å². The number of benzene rings is 1. The molecule has 2 rings (SSSR count). The van der Waals surface area contributed by atoms with E-state index in [9.17, 15) is 8.42 Å². The molecule has 1 aromatic heterocycles. The lowest BCUT2D eigenvalue weighted by molar-refractivity contribution is 0.602. The fourth-order valence-electron chi connectivity index (χ4n) is 1.65. The minimum absolute atomic E-state index is 0.159. The smallest absolute Gasteiger partial charge is 0.188 e. The molecule has 0 aliphatic carbocycles. The summed E-state index contributed by atoms with van der Waals surface area (Å²) in [6.45, 7) is 3.99. The average molecular weight is 308 g/mol. The van der Waals surface area contributed by atoms with Crippen molar-refractivity contribution in [3.63, 3.8) is 0 Å². The molecular formula is C14H16N2O2S2. The second kappa shape index (κ2) is 5.93. The maximum Gasteiger partial charge on any atom is 0.188 e. The van der Waals surface area contributed by atoms with Crippen LogP contribution in [0, 0.1) is 6.92 Å². The lowest BCUT2D eigenvalue weighted by Gasteiger charge is -2.11. The third-order valence-electron chi connectivity index (χ3n) is 2.82. The zero-order chi connectivity index (χ0) is 14.8. The molecule has 0 N–H and O–H groups in total. The van der Waals surface area contributed by atoms with Crippen LogP contribution in [-0.4, -0.2) is 24.6 Å². The molecule has 4 nitrogen and oxygen atoms in total. The summed E-state index contributed by atoms with van der Waals surface area (Å²) in [7, 11) is -3.14. The second-order valence-corrected chi connectivity index (χ2v) is 7.97. The van der Waals surface area contributed by atoms with Gasteiger partial charge in [0, 0.05) is 23.9 Å². The van der Waals surface area contributed by atoms with Crippen molar-refractivity contribution in [2.45, 2.75) is 29.1 Å². The fraction of sp³-hybridized carbons (Fsp3) is 0.286. The van der Waals surface area contributed by atoms with Crippen molar-refractivity contribution in [2.75, 3.05) is 6.26 Å². The molecule has 0 saturated heterocycles. The maximum atomic E-state index is 11.4. The normalized spacial score (nSPS) is 13.2. The molecule has 6 heteroatoms. The van der Waals surface area contributed by atoms with Crippen molar-refractivity contribution in [1.82, 2.24) is 9.97 Å². The Morgan fingerprint density at radius 2 is 1.65 bits per heavy atom. The third kappa shape index (κ3) is 3.80. The van der Waals surface area contributed by atoms with Crippen LogP contribution in [0.25, 0.3) is 0 Å². The zero-order valence-electron chi connectivity index (χ0n) is 11.6. The van der Waals surface area contributed by atoms with Crippen molar-refractivity contribution < 1.29 is 8.42 Å². The highest BCUT2D eigenvalue weighted by atomic mass is 32.2. The first-order valence-corrected chi connectivity index (χ1v) is 8.88. The maximum absolute atomic E-state index is 11.4. The van der Waals surface area contributed by atoms with Gasteiger partial charge in [0.1, 0.15) is 0 Å². The SMILES string of the molecule is Cc1cnc(SC(C)c2ccc(S(C)(=O)=O)cc2)nc1. The Morgan fingerprint density at radius 3 is 2.15 bits per heavy atom. The monoisotopic (exact) mass is 308 g/mol. The largest absolute Gasteiger partial charge is 0.231 e. The van der Waals surface area contributed by atoms with Gasteiger partial charge >= 0.3 is 0 Å². The van der Waals surface area contributed by atoms with Gasteiger partial charge < -0.3 is 0 Å². The number of nitrogens with zero attached hydrogens (tertiary/aromatic N) is 2. The van der Waals surface area contributed by atoms with Crippen LogP contribution in [0.5, 0.6) is 0 Å². The van der Waals surface area contributed by atoms with Crippen molar-refractivity contribution in [3.8, 4) is 0 Å². The lowest BCUT2D eigenvalue weighted by Crippen LogP contribution is -1.98. The molecule has 0 aliphatic rings. The summed E-state index contributed by atoms with van der Waals surface area (Å²) in [5.41, 5.74) is 2.08. The highest BCUT2D eigenvalue weighted by Crippen LogP contribution is 2.32. The highest BCUT2D eigenvalue weighted by Gasteiger charge is 2.11. The summed E-state index contributed by atoms with van der Waals surface area (Å²) in [6, 6.07) is 6.94. The Labute approximate surface area is 123 Å². The van der Waals surface area contributed by atoms with E-state index in [0.29, 0.717) is 4.90 Å². The van der Waals surface area contributed by atoms with Gasteiger partial charge in [-0.05, 0) is 37.1 Å². The van der Waals surface area contributed by atoms with Crippen LogP contribution in [0.4, 0.5) is 0 Å². The van der Waals surface area contributed by atoms with Crippen molar-refractivity contribution >= 4 is 21.6 Å². The highest BCUT2D eigenvalue weighted by molar-refractivity contribution is 7.99. The van der Waals surface area contributed by atoms with Gasteiger partial charge in [-0.1, -0.05) is 23.9 Å². The first-order chi connectivity index (χ1) is 9.36. The van der Waals surface area contributed by atoms with Crippen molar-refractivity contribution in [2.24, 2.45) is 0 Å². The van der Waals surface area contributed by atoms with Crippen LogP contribution in [0.2, 0.25) is 0 Å². The molecule has 1 atom stereocenters. The van der Waals surface area contributed by atoms with Gasteiger partial charge in [-0.2, -0.15) is 0 Å². The number of sulfone groups is 1. The molecule has 20 heavy (non-hydrogen) atoms. The van der Waals surface area contributed by atoms with Crippen LogP contribution in [0.15, 0.2) is 46.7 Å². The van der Waals surface area contributed by atoms with E-state index in [1.54, 1.807) is 36.3 Å². The molecule has 0 fully saturated rings. The van der Waals surface area contributed by atoms with Gasteiger partial charge in [0.25, 0.3) is 0 Å². The van der Waals surface area contributed by atoms with Gasteiger partial charge in [-0.3, -0.25) is 0 Å². The minimum atomic E-state index is -3.14. The molecule has 0 amide bonds. The van der Waals surface area contributed by atoms with E-state index < -0.39 is 9.84 Å². The topological polar surface area (TPSA) is 59.9 Å². The van der Waals surface area contributed by atoms with E-state index >= 15 is 0 Å². The molecule has 1 aromatic carbocycles. The number of aromatic nitrogens is 2. The first-order valence-electron chi connectivity index (χ1n) is 6.11. The van der Waals surface area contributed by atoms with E-state index in [0.717, 1.165) is 16.3 Å². The van der Waals surface area contributed by atoms with Crippen LogP contribution < -0.4 is 0 Å². The summed E-state index contributed by atoms with van der Waals surface area (Å²) in [6.07, 6.45) is 4.78. The molecule has 0 radical (unpaired) electrons. The van der Waals surface area contributed by atoms with E-state index in [-0.39, 0.29) is 5.25 Å². The van der Waals surface area contributed by atoms with Gasteiger partial charge in [0.2, 0.25) is 0 Å². The Kier molecular flexibility index (Phi) is 4.45. The Morgan fingerprint density at radius 1 is 1.10 bits per heavy atom. The van der Waals surface area contributed by atoms with Gasteiger partial charge in [-0.25, -0.2) is 18.4 Å². The summed E-state index contributed by atoms with van der Waals surface area (Å²) >= 11 is 1.55. The third-order valence-corrected chi connectivity index (χ3v) is 4.99. The predicted octanol–water partition coefficient (Wildman–Crippen LogP) is 3.04. The molecule has 1 heterocycles. The second-order valence-electron chi connectivity index (χ2n) is 4.64. The number of hydrogen-bond donors (Lipinski definition) is 0. The van der Waals surface area contributed by atoms with Crippen LogP contribution in [0.3, 0.4) is 0 Å².